The van der Waals surface area contributed by atoms with Gasteiger partial charge in [-0.25, -0.2) is 0 Å². The third-order valence-electron chi connectivity index (χ3n) is 3.59. The monoisotopic (exact) mass is 351 g/mol. The molecule has 5 heteroatoms. The molecule has 0 saturated heterocycles. The summed E-state index contributed by atoms with van der Waals surface area (Å²) in [5.74, 6) is 0.875. The lowest BCUT2D eigenvalue weighted by Gasteiger charge is -2.20. The van der Waals surface area contributed by atoms with Crippen LogP contribution in [0.5, 0.6) is 5.75 Å². The fourth-order valence-corrected chi connectivity index (χ4v) is 3.01. The summed E-state index contributed by atoms with van der Waals surface area (Å²) in [5.41, 5.74) is 3.49. The van der Waals surface area contributed by atoms with E-state index < -0.39 is 0 Å². The van der Waals surface area contributed by atoms with Gasteiger partial charge in [0.25, 0.3) is 0 Å². The van der Waals surface area contributed by atoms with E-state index in [1.807, 2.05) is 12.1 Å². The van der Waals surface area contributed by atoms with Crippen LogP contribution >= 0.6 is 15.9 Å². The van der Waals surface area contributed by atoms with Crippen molar-refractivity contribution in [3.63, 3.8) is 0 Å². The van der Waals surface area contributed by atoms with Gasteiger partial charge < -0.3 is 9.64 Å². The predicted molar refractivity (Wildman–Crippen MR) is 90.1 cm³/mol. The second-order valence-corrected chi connectivity index (χ2v) is 5.72. The zero-order valence-electron chi connectivity index (χ0n) is 13.1. The molecule has 0 N–H and O–H groups in total. The Kier molecular flexibility index (Phi) is 5.28. The quantitative estimate of drug-likeness (QED) is 0.791. The number of ether oxygens (including phenoxy) is 1. The van der Waals surface area contributed by atoms with Gasteiger partial charge in [0.1, 0.15) is 5.75 Å². The second kappa shape index (κ2) is 6.98. The molecule has 0 unspecified atom stereocenters. The molecule has 0 radical (unpaired) electrons. The van der Waals surface area contributed by atoms with Gasteiger partial charge in [-0.1, -0.05) is 6.92 Å². The molecule has 0 bridgehead atoms. The summed E-state index contributed by atoms with van der Waals surface area (Å²) >= 11 is 3.70. The number of aryl methyl sites for hydroxylation is 2. The lowest BCUT2D eigenvalue weighted by atomic mass is 10.2. The average molecular weight is 352 g/mol. The van der Waals surface area contributed by atoms with E-state index in [1.165, 1.54) is 5.69 Å². The van der Waals surface area contributed by atoms with E-state index >= 15 is 0 Å². The highest BCUT2D eigenvalue weighted by Gasteiger charge is 2.15. The van der Waals surface area contributed by atoms with Crippen LogP contribution in [0.15, 0.2) is 28.7 Å². The maximum atomic E-state index is 5.20. The molecule has 0 spiro atoms. The van der Waals surface area contributed by atoms with Crippen LogP contribution < -0.4 is 9.64 Å². The number of rotatable bonds is 6. The molecule has 0 atom stereocenters. The summed E-state index contributed by atoms with van der Waals surface area (Å²) in [4.78, 5) is 2.22. The number of hydrogen-bond donors (Lipinski definition) is 0. The van der Waals surface area contributed by atoms with Gasteiger partial charge in [-0.2, -0.15) is 5.10 Å². The van der Waals surface area contributed by atoms with Crippen molar-refractivity contribution in [1.82, 2.24) is 9.78 Å². The van der Waals surface area contributed by atoms with Gasteiger partial charge in [0.05, 0.1) is 29.5 Å². The third-order valence-corrected chi connectivity index (χ3v) is 4.51. The van der Waals surface area contributed by atoms with E-state index in [2.05, 4.69) is 63.6 Å². The first-order chi connectivity index (χ1) is 10.1. The van der Waals surface area contributed by atoms with Gasteiger partial charge >= 0.3 is 0 Å². The summed E-state index contributed by atoms with van der Waals surface area (Å²) in [7, 11) is 3.77. The Morgan fingerprint density at radius 1 is 1.24 bits per heavy atom. The molecule has 0 saturated carbocycles. The van der Waals surface area contributed by atoms with Crippen molar-refractivity contribution in [3.8, 4) is 5.75 Å². The molecule has 2 aromatic rings. The standard InChI is InChI=1S/C16H22BrN3O/c1-5-14-16(17)15(20(6-2)18-14)11-19(3)12-7-9-13(21-4)10-8-12/h7-10H,5-6,11H2,1-4H3. The molecule has 0 aliphatic carbocycles. The molecule has 1 heterocycles. The summed E-state index contributed by atoms with van der Waals surface area (Å²) in [6, 6.07) is 8.10. The minimum atomic E-state index is 0.813. The minimum Gasteiger partial charge on any atom is -0.497 e. The van der Waals surface area contributed by atoms with Crippen LogP contribution in [0, 0.1) is 0 Å². The van der Waals surface area contributed by atoms with Crippen molar-refractivity contribution in [2.45, 2.75) is 33.4 Å². The first kappa shape index (κ1) is 15.9. The largest absolute Gasteiger partial charge is 0.497 e. The number of methoxy groups -OCH3 is 1. The number of nitrogens with zero attached hydrogens (tertiary/aromatic N) is 3. The summed E-state index contributed by atoms with van der Waals surface area (Å²) in [6.45, 7) is 5.94. The summed E-state index contributed by atoms with van der Waals surface area (Å²) < 4.78 is 8.40. The van der Waals surface area contributed by atoms with Crippen LogP contribution in [0.2, 0.25) is 0 Å². The van der Waals surface area contributed by atoms with Crippen molar-refractivity contribution < 1.29 is 4.74 Å². The number of halogens is 1. The summed E-state index contributed by atoms with van der Waals surface area (Å²) in [5, 5.41) is 4.64. The Labute approximate surface area is 134 Å². The van der Waals surface area contributed by atoms with E-state index in [0.29, 0.717) is 0 Å². The highest BCUT2D eigenvalue weighted by molar-refractivity contribution is 9.10. The highest BCUT2D eigenvalue weighted by atomic mass is 79.9. The zero-order chi connectivity index (χ0) is 15.4. The topological polar surface area (TPSA) is 30.3 Å². The van der Waals surface area contributed by atoms with E-state index in [0.717, 1.165) is 41.1 Å². The molecule has 2 rings (SSSR count). The van der Waals surface area contributed by atoms with Gasteiger partial charge in [0.2, 0.25) is 0 Å². The molecule has 21 heavy (non-hydrogen) atoms. The molecule has 114 valence electrons. The molecular formula is C16H22BrN3O. The minimum absolute atomic E-state index is 0.813. The van der Waals surface area contributed by atoms with Crippen molar-refractivity contribution in [3.05, 3.63) is 40.1 Å². The van der Waals surface area contributed by atoms with Crippen LogP contribution in [-0.2, 0) is 19.5 Å². The lowest BCUT2D eigenvalue weighted by Crippen LogP contribution is -2.19. The van der Waals surface area contributed by atoms with E-state index in [4.69, 9.17) is 4.74 Å². The Morgan fingerprint density at radius 3 is 2.43 bits per heavy atom. The molecular weight excluding hydrogens is 330 g/mol. The number of benzene rings is 1. The lowest BCUT2D eigenvalue weighted by molar-refractivity contribution is 0.415. The van der Waals surface area contributed by atoms with Crippen LogP contribution in [-0.4, -0.2) is 23.9 Å². The molecule has 4 nitrogen and oxygen atoms in total. The molecule has 0 aliphatic rings. The van der Waals surface area contributed by atoms with E-state index in [9.17, 15) is 0 Å². The van der Waals surface area contributed by atoms with Gasteiger partial charge in [-0.15, -0.1) is 0 Å². The van der Waals surface area contributed by atoms with Gasteiger partial charge in [-0.05, 0) is 53.5 Å². The number of anilines is 1. The van der Waals surface area contributed by atoms with Crippen molar-refractivity contribution in [2.75, 3.05) is 19.1 Å². The fourth-order valence-electron chi connectivity index (χ4n) is 2.32. The third kappa shape index (κ3) is 3.40. The zero-order valence-corrected chi connectivity index (χ0v) is 14.6. The predicted octanol–water partition coefficient (Wildman–Crippen LogP) is 3.87. The van der Waals surface area contributed by atoms with E-state index in [1.54, 1.807) is 7.11 Å². The van der Waals surface area contributed by atoms with Crippen LogP contribution in [0.25, 0.3) is 0 Å². The van der Waals surface area contributed by atoms with Crippen LogP contribution in [0.1, 0.15) is 25.2 Å². The maximum Gasteiger partial charge on any atom is 0.119 e. The van der Waals surface area contributed by atoms with Crippen LogP contribution in [0.4, 0.5) is 5.69 Å². The molecule has 1 aromatic carbocycles. The normalized spacial score (nSPS) is 10.7. The Hall–Kier alpha value is -1.49. The Bertz CT molecular complexity index is 592. The Balaban J connectivity index is 2.22. The van der Waals surface area contributed by atoms with Crippen molar-refractivity contribution in [1.29, 1.82) is 0 Å². The number of aromatic nitrogens is 2. The maximum absolute atomic E-state index is 5.20. The van der Waals surface area contributed by atoms with Gasteiger partial charge in [-0.3, -0.25) is 4.68 Å². The average Bonchev–Trinajstić information content (AvgIpc) is 2.83. The Morgan fingerprint density at radius 2 is 1.90 bits per heavy atom. The number of hydrogen-bond acceptors (Lipinski definition) is 3. The second-order valence-electron chi connectivity index (χ2n) is 4.93. The fraction of sp³-hybridized carbons (Fsp3) is 0.438. The summed E-state index contributed by atoms with van der Waals surface area (Å²) in [6.07, 6.45) is 0.937. The first-order valence-corrected chi connectivity index (χ1v) is 7.99. The SMILES string of the molecule is CCc1nn(CC)c(CN(C)c2ccc(OC)cc2)c1Br. The highest BCUT2D eigenvalue weighted by Crippen LogP contribution is 2.26. The van der Waals surface area contributed by atoms with Crippen molar-refractivity contribution in [2.24, 2.45) is 0 Å². The smallest absolute Gasteiger partial charge is 0.119 e. The molecule has 0 aliphatic heterocycles. The van der Waals surface area contributed by atoms with Gasteiger partial charge in [0.15, 0.2) is 0 Å². The molecule has 1 aromatic heterocycles. The van der Waals surface area contributed by atoms with Crippen LogP contribution in [0.3, 0.4) is 0 Å². The molecule has 0 fully saturated rings. The molecule has 0 amide bonds. The first-order valence-electron chi connectivity index (χ1n) is 7.19. The van der Waals surface area contributed by atoms with E-state index in [-0.39, 0.29) is 0 Å². The van der Waals surface area contributed by atoms with Gasteiger partial charge in [0, 0.05) is 19.3 Å². The van der Waals surface area contributed by atoms with Crippen molar-refractivity contribution >= 4 is 21.6 Å².